The molecule has 0 radical (unpaired) electrons. The van der Waals surface area contributed by atoms with E-state index in [1.807, 2.05) is 31.2 Å². The van der Waals surface area contributed by atoms with Crippen LogP contribution in [0.5, 0.6) is 11.5 Å². The van der Waals surface area contributed by atoms with E-state index in [4.69, 9.17) is 13.9 Å². The lowest BCUT2D eigenvalue weighted by Crippen LogP contribution is -2.06. The van der Waals surface area contributed by atoms with Crippen molar-refractivity contribution in [2.24, 2.45) is 0 Å². The van der Waals surface area contributed by atoms with Crippen LogP contribution in [0.1, 0.15) is 25.5 Å². The zero-order valence-electron chi connectivity index (χ0n) is 11.5. The highest BCUT2D eigenvalue weighted by Crippen LogP contribution is 2.31. The van der Waals surface area contributed by atoms with Gasteiger partial charge < -0.3 is 19.2 Å². The Hall–Kier alpha value is -2.10. The van der Waals surface area contributed by atoms with Crippen molar-refractivity contribution in [2.45, 2.75) is 19.9 Å². The van der Waals surface area contributed by atoms with Gasteiger partial charge in [-0.1, -0.05) is 0 Å². The van der Waals surface area contributed by atoms with Crippen molar-refractivity contribution in [1.29, 1.82) is 0 Å². The molecule has 19 heavy (non-hydrogen) atoms. The molecule has 0 amide bonds. The molecule has 1 aromatic heterocycles. The third-order valence-corrected chi connectivity index (χ3v) is 2.89. The normalized spacial score (nSPS) is 11.9. The summed E-state index contributed by atoms with van der Waals surface area (Å²) < 4.78 is 15.9. The van der Waals surface area contributed by atoms with E-state index in [2.05, 4.69) is 12.2 Å². The van der Waals surface area contributed by atoms with Crippen LogP contribution in [-0.2, 0) is 0 Å². The molecule has 1 unspecified atom stereocenters. The summed E-state index contributed by atoms with van der Waals surface area (Å²) in [5.41, 5.74) is 2.09. The maximum Gasteiger partial charge on any atom is 0.163 e. The van der Waals surface area contributed by atoms with Crippen molar-refractivity contribution in [1.82, 2.24) is 0 Å². The van der Waals surface area contributed by atoms with Gasteiger partial charge in [-0.25, -0.2) is 0 Å². The van der Waals surface area contributed by atoms with Crippen molar-refractivity contribution in [3.8, 4) is 11.5 Å². The number of ether oxygens (including phenoxy) is 2. The molecule has 0 fully saturated rings. The second kappa shape index (κ2) is 6.18. The second-order valence-corrected chi connectivity index (χ2v) is 4.22. The first-order valence-electron chi connectivity index (χ1n) is 6.34. The number of nitrogens with one attached hydrogen (secondary N) is 1. The standard InChI is InChI=1S/C15H19NO3/c1-4-19-15-9-13(5-6-14(15)17-3)16-11(2)12-7-8-18-10-12/h5-11,16H,4H2,1-3H3. The fourth-order valence-electron chi connectivity index (χ4n) is 1.89. The molecule has 0 aliphatic rings. The van der Waals surface area contributed by atoms with E-state index in [-0.39, 0.29) is 6.04 Å². The molecule has 0 saturated carbocycles. The molecule has 0 saturated heterocycles. The average molecular weight is 261 g/mol. The molecule has 4 heteroatoms. The summed E-state index contributed by atoms with van der Waals surface area (Å²) in [6.07, 6.45) is 3.41. The van der Waals surface area contributed by atoms with Crippen LogP contribution in [0.3, 0.4) is 0 Å². The largest absolute Gasteiger partial charge is 0.493 e. The lowest BCUT2D eigenvalue weighted by atomic mass is 10.1. The Bertz CT molecular complexity index is 508. The monoisotopic (exact) mass is 261 g/mol. The summed E-state index contributed by atoms with van der Waals surface area (Å²) in [7, 11) is 1.64. The summed E-state index contributed by atoms with van der Waals surface area (Å²) in [6.45, 7) is 4.64. The molecule has 4 nitrogen and oxygen atoms in total. The number of furan rings is 1. The van der Waals surface area contributed by atoms with Crippen LogP contribution in [0.25, 0.3) is 0 Å². The van der Waals surface area contributed by atoms with Crippen LogP contribution < -0.4 is 14.8 Å². The van der Waals surface area contributed by atoms with Gasteiger partial charge >= 0.3 is 0 Å². The molecule has 0 bridgehead atoms. The number of anilines is 1. The van der Waals surface area contributed by atoms with Gasteiger partial charge in [-0.3, -0.25) is 0 Å². The lowest BCUT2D eigenvalue weighted by Gasteiger charge is -2.16. The highest BCUT2D eigenvalue weighted by Gasteiger charge is 2.09. The van der Waals surface area contributed by atoms with E-state index in [1.54, 1.807) is 19.6 Å². The van der Waals surface area contributed by atoms with Gasteiger partial charge in [-0.15, -0.1) is 0 Å². The molecule has 2 rings (SSSR count). The predicted octanol–water partition coefficient (Wildman–Crippen LogP) is 3.86. The Kier molecular flexibility index (Phi) is 4.34. The van der Waals surface area contributed by atoms with Gasteiger partial charge in [0.2, 0.25) is 0 Å². The highest BCUT2D eigenvalue weighted by atomic mass is 16.5. The highest BCUT2D eigenvalue weighted by molar-refractivity contribution is 5.55. The van der Waals surface area contributed by atoms with Gasteiger partial charge in [0.15, 0.2) is 11.5 Å². The quantitative estimate of drug-likeness (QED) is 0.857. The Labute approximate surface area is 113 Å². The molecule has 1 heterocycles. The first kappa shape index (κ1) is 13.3. The molecular formula is C15H19NO3. The van der Waals surface area contributed by atoms with Gasteiger partial charge in [0, 0.05) is 17.3 Å². The van der Waals surface area contributed by atoms with E-state index in [9.17, 15) is 0 Å². The minimum atomic E-state index is 0.168. The van der Waals surface area contributed by atoms with Gasteiger partial charge in [0.1, 0.15) is 0 Å². The number of rotatable bonds is 6. The SMILES string of the molecule is CCOc1cc(NC(C)c2ccoc2)ccc1OC. The number of hydrogen-bond donors (Lipinski definition) is 1. The molecule has 0 spiro atoms. The van der Waals surface area contributed by atoms with Gasteiger partial charge in [-0.05, 0) is 32.0 Å². The Morgan fingerprint density at radius 2 is 2.11 bits per heavy atom. The molecular weight excluding hydrogens is 242 g/mol. The third-order valence-electron chi connectivity index (χ3n) is 2.89. The number of hydrogen-bond acceptors (Lipinski definition) is 4. The van der Waals surface area contributed by atoms with E-state index >= 15 is 0 Å². The minimum Gasteiger partial charge on any atom is -0.493 e. The van der Waals surface area contributed by atoms with Crippen molar-refractivity contribution in [3.63, 3.8) is 0 Å². The van der Waals surface area contributed by atoms with Crippen LogP contribution >= 0.6 is 0 Å². The zero-order chi connectivity index (χ0) is 13.7. The van der Waals surface area contributed by atoms with Crippen LogP contribution in [0.15, 0.2) is 41.2 Å². The maximum atomic E-state index is 5.56. The first-order valence-corrected chi connectivity index (χ1v) is 6.34. The Balaban J connectivity index is 2.14. The molecule has 0 aliphatic carbocycles. The molecule has 2 aromatic rings. The van der Waals surface area contributed by atoms with Crippen LogP contribution in [-0.4, -0.2) is 13.7 Å². The molecule has 102 valence electrons. The third kappa shape index (κ3) is 3.22. The molecule has 0 aliphatic heterocycles. The van der Waals surface area contributed by atoms with Crippen LogP contribution in [0.2, 0.25) is 0 Å². The van der Waals surface area contributed by atoms with E-state index in [1.165, 1.54) is 0 Å². The second-order valence-electron chi connectivity index (χ2n) is 4.22. The first-order chi connectivity index (χ1) is 9.24. The summed E-state index contributed by atoms with van der Waals surface area (Å²) in [5.74, 6) is 1.48. The predicted molar refractivity (Wildman–Crippen MR) is 74.9 cm³/mol. The van der Waals surface area contributed by atoms with E-state index in [0.717, 1.165) is 22.7 Å². The van der Waals surface area contributed by atoms with Crippen LogP contribution in [0, 0.1) is 0 Å². The summed E-state index contributed by atoms with van der Waals surface area (Å²) in [6, 6.07) is 7.93. The molecule has 1 aromatic carbocycles. The molecule has 1 N–H and O–H groups in total. The van der Waals surface area contributed by atoms with Gasteiger partial charge in [0.05, 0.1) is 32.3 Å². The Morgan fingerprint density at radius 1 is 1.26 bits per heavy atom. The van der Waals surface area contributed by atoms with Crippen molar-refractivity contribution in [3.05, 3.63) is 42.4 Å². The average Bonchev–Trinajstić information content (AvgIpc) is 2.93. The van der Waals surface area contributed by atoms with Crippen molar-refractivity contribution < 1.29 is 13.9 Å². The molecule has 1 atom stereocenters. The Morgan fingerprint density at radius 3 is 2.74 bits per heavy atom. The van der Waals surface area contributed by atoms with Gasteiger partial charge in [-0.2, -0.15) is 0 Å². The summed E-state index contributed by atoms with van der Waals surface area (Å²) >= 11 is 0. The van der Waals surface area contributed by atoms with Crippen LogP contribution in [0.4, 0.5) is 5.69 Å². The zero-order valence-corrected chi connectivity index (χ0v) is 11.5. The minimum absolute atomic E-state index is 0.168. The van der Waals surface area contributed by atoms with E-state index < -0.39 is 0 Å². The van der Waals surface area contributed by atoms with Crippen molar-refractivity contribution in [2.75, 3.05) is 19.0 Å². The van der Waals surface area contributed by atoms with Crippen molar-refractivity contribution >= 4 is 5.69 Å². The summed E-state index contributed by atoms with van der Waals surface area (Å²) in [4.78, 5) is 0. The fraction of sp³-hybridized carbons (Fsp3) is 0.333. The lowest BCUT2D eigenvalue weighted by molar-refractivity contribution is 0.311. The summed E-state index contributed by atoms with van der Waals surface area (Å²) in [5, 5.41) is 3.40. The topological polar surface area (TPSA) is 43.6 Å². The van der Waals surface area contributed by atoms with Gasteiger partial charge in [0.25, 0.3) is 0 Å². The number of benzene rings is 1. The van der Waals surface area contributed by atoms with E-state index in [0.29, 0.717) is 6.61 Å². The smallest absolute Gasteiger partial charge is 0.163 e. The maximum absolute atomic E-state index is 5.56. The number of methoxy groups -OCH3 is 1. The fourth-order valence-corrected chi connectivity index (χ4v) is 1.89.